The zero-order valence-electron chi connectivity index (χ0n) is 10.9. The average molecular weight is 255 g/mol. The van der Waals surface area contributed by atoms with Gasteiger partial charge in [0.05, 0.1) is 14.2 Å². The summed E-state index contributed by atoms with van der Waals surface area (Å²) in [6.45, 7) is 1.85. The van der Waals surface area contributed by atoms with Crippen molar-refractivity contribution in [2.45, 2.75) is 19.4 Å². The molecular weight excluding hydrogens is 238 g/mol. The van der Waals surface area contributed by atoms with Crippen LogP contribution in [-0.2, 0) is 9.53 Å². The number of ether oxygens (including phenoxy) is 2. The van der Waals surface area contributed by atoms with Gasteiger partial charge in [0.25, 0.3) is 0 Å². The van der Waals surface area contributed by atoms with Gasteiger partial charge in [0.15, 0.2) is 0 Å². The molecule has 1 atom stereocenters. The first kappa shape index (κ1) is 13.9. The molecule has 0 aliphatic rings. The minimum absolute atomic E-state index is 0.163. The highest BCUT2D eigenvalue weighted by atomic mass is 16.5. The third kappa shape index (κ3) is 3.44. The molecule has 18 heavy (non-hydrogen) atoms. The highest BCUT2D eigenvalue weighted by Crippen LogP contribution is 2.12. The Hall–Kier alpha value is -2.12. The van der Waals surface area contributed by atoms with Crippen LogP contribution in [0, 0.1) is 0 Å². The van der Waals surface area contributed by atoms with Gasteiger partial charge in [-0.2, -0.15) is 15.0 Å². The Balaban J connectivity index is 2.91. The van der Waals surface area contributed by atoms with E-state index in [2.05, 4.69) is 30.3 Å². The summed E-state index contributed by atoms with van der Waals surface area (Å²) in [5.74, 6) is 0.232. The van der Waals surface area contributed by atoms with E-state index in [-0.39, 0.29) is 17.9 Å². The van der Waals surface area contributed by atoms with Gasteiger partial charge < -0.3 is 20.1 Å². The maximum absolute atomic E-state index is 11.5. The normalized spacial score (nSPS) is 11.6. The van der Waals surface area contributed by atoms with Crippen LogP contribution in [0.3, 0.4) is 0 Å². The standard InChI is InChI=1S/C10H17N5O3/c1-5-6(7(16)17-3)12-9-13-8(11-2)14-10(15-9)18-4/h6H,5H2,1-4H3,(H2,11,12,13,14,15). The lowest BCUT2D eigenvalue weighted by Gasteiger charge is -2.14. The van der Waals surface area contributed by atoms with Gasteiger partial charge in [-0.25, -0.2) is 4.79 Å². The summed E-state index contributed by atoms with van der Waals surface area (Å²) >= 11 is 0. The van der Waals surface area contributed by atoms with E-state index in [4.69, 9.17) is 4.74 Å². The second-order valence-corrected chi connectivity index (χ2v) is 3.35. The quantitative estimate of drug-likeness (QED) is 0.700. The topological polar surface area (TPSA) is 98.3 Å². The van der Waals surface area contributed by atoms with Gasteiger partial charge in [0.2, 0.25) is 11.9 Å². The fourth-order valence-corrected chi connectivity index (χ4v) is 1.25. The van der Waals surface area contributed by atoms with Crippen LogP contribution in [0.5, 0.6) is 6.01 Å². The van der Waals surface area contributed by atoms with Gasteiger partial charge in [0, 0.05) is 7.05 Å². The molecule has 0 amide bonds. The molecule has 0 bridgehead atoms. The lowest BCUT2D eigenvalue weighted by molar-refractivity contribution is -0.141. The van der Waals surface area contributed by atoms with E-state index >= 15 is 0 Å². The molecule has 1 aromatic heterocycles. The van der Waals surface area contributed by atoms with Crippen molar-refractivity contribution in [3.63, 3.8) is 0 Å². The number of nitrogens with zero attached hydrogens (tertiary/aromatic N) is 3. The highest BCUT2D eigenvalue weighted by molar-refractivity contribution is 5.78. The predicted molar refractivity (Wildman–Crippen MR) is 65.6 cm³/mol. The van der Waals surface area contributed by atoms with E-state index in [1.165, 1.54) is 14.2 Å². The molecule has 1 aromatic rings. The fourth-order valence-electron chi connectivity index (χ4n) is 1.25. The Kier molecular flexibility index (Phi) is 5.09. The Morgan fingerprint density at radius 3 is 2.44 bits per heavy atom. The third-order valence-corrected chi connectivity index (χ3v) is 2.22. The number of esters is 1. The van der Waals surface area contributed by atoms with E-state index in [0.717, 1.165) is 0 Å². The van der Waals surface area contributed by atoms with Crippen LogP contribution < -0.4 is 15.4 Å². The monoisotopic (exact) mass is 255 g/mol. The summed E-state index contributed by atoms with van der Waals surface area (Å²) < 4.78 is 9.61. The van der Waals surface area contributed by atoms with Crippen LogP contribution >= 0.6 is 0 Å². The Morgan fingerprint density at radius 1 is 1.28 bits per heavy atom. The summed E-state index contributed by atoms with van der Waals surface area (Å²) in [6.07, 6.45) is 0.551. The summed E-state index contributed by atoms with van der Waals surface area (Å²) in [7, 11) is 4.46. The number of carbonyl (C=O) groups excluding carboxylic acids is 1. The summed E-state index contributed by atoms with van der Waals surface area (Å²) in [5, 5.41) is 5.65. The number of methoxy groups -OCH3 is 2. The lowest BCUT2D eigenvalue weighted by atomic mass is 10.2. The van der Waals surface area contributed by atoms with Crippen LogP contribution in [0.4, 0.5) is 11.9 Å². The minimum Gasteiger partial charge on any atom is -0.467 e. The number of hydrogen-bond donors (Lipinski definition) is 2. The molecule has 0 fully saturated rings. The number of rotatable bonds is 6. The fraction of sp³-hybridized carbons (Fsp3) is 0.600. The smallest absolute Gasteiger partial charge is 0.328 e. The SMILES string of the molecule is CCC(Nc1nc(NC)nc(OC)n1)C(=O)OC. The van der Waals surface area contributed by atoms with Crippen molar-refractivity contribution >= 4 is 17.9 Å². The van der Waals surface area contributed by atoms with E-state index in [1.54, 1.807) is 7.05 Å². The molecule has 0 saturated heterocycles. The van der Waals surface area contributed by atoms with Crippen molar-refractivity contribution in [3.8, 4) is 6.01 Å². The van der Waals surface area contributed by atoms with E-state index in [1.807, 2.05) is 6.92 Å². The average Bonchev–Trinajstić information content (AvgIpc) is 2.43. The number of anilines is 2. The molecule has 0 saturated carbocycles. The first-order chi connectivity index (χ1) is 8.64. The maximum atomic E-state index is 11.5. The van der Waals surface area contributed by atoms with Gasteiger partial charge >= 0.3 is 12.0 Å². The molecule has 0 aromatic carbocycles. The molecule has 1 rings (SSSR count). The summed E-state index contributed by atoms with van der Waals surface area (Å²) in [5.41, 5.74) is 0. The predicted octanol–water partition coefficient (Wildman–Crippen LogP) is 0.285. The van der Waals surface area contributed by atoms with Crippen LogP contribution in [0.2, 0.25) is 0 Å². The van der Waals surface area contributed by atoms with Crippen molar-refractivity contribution in [2.24, 2.45) is 0 Å². The molecule has 0 aliphatic heterocycles. The Morgan fingerprint density at radius 2 is 1.94 bits per heavy atom. The van der Waals surface area contributed by atoms with Crippen molar-refractivity contribution in [3.05, 3.63) is 0 Å². The Bertz CT molecular complexity index is 390. The molecular formula is C10H17N5O3. The number of hydrogen-bond acceptors (Lipinski definition) is 8. The van der Waals surface area contributed by atoms with Crippen molar-refractivity contribution < 1.29 is 14.3 Å². The van der Waals surface area contributed by atoms with Gasteiger partial charge in [0.1, 0.15) is 6.04 Å². The molecule has 8 heteroatoms. The molecule has 100 valence electrons. The molecule has 1 heterocycles. The van der Waals surface area contributed by atoms with Crippen LogP contribution in [0.25, 0.3) is 0 Å². The third-order valence-electron chi connectivity index (χ3n) is 2.22. The molecule has 1 unspecified atom stereocenters. The first-order valence-electron chi connectivity index (χ1n) is 5.46. The first-order valence-corrected chi connectivity index (χ1v) is 5.46. The van der Waals surface area contributed by atoms with E-state index < -0.39 is 6.04 Å². The van der Waals surface area contributed by atoms with Crippen molar-refractivity contribution in [1.29, 1.82) is 0 Å². The van der Waals surface area contributed by atoms with Gasteiger partial charge in [-0.3, -0.25) is 0 Å². The second-order valence-electron chi connectivity index (χ2n) is 3.35. The van der Waals surface area contributed by atoms with Gasteiger partial charge in [-0.05, 0) is 6.42 Å². The van der Waals surface area contributed by atoms with Crippen LogP contribution in [0.1, 0.15) is 13.3 Å². The number of carbonyl (C=O) groups is 1. The lowest BCUT2D eigenvalue weighted by Crippen LogP contribution is -2.30. The van der Waals surface area contributed by atoms with Crippen LogP contribution in [0.15, 0.2) is 0 Å². The van der Waals surface area contributed by atoms with E-state index in [0.29, 0.717) is 12.4 Å². The molecule has 2 N–H and O–H groups in total. The maximum Gasteiger partial charge on any atom is 0.328 e. The van der Waals surface area contributed by atoms with Crippen molar-refractivity contribution in [2.75, 3.05) is 31.9 Å². The van der Waals surface area contributed by atoms with Gasteiger partial charge in [-0.15, -0.1) is 0 Å². The van der Waals surface area contributed by atoms with Gasteiger partial charge in [-0.1, -0.05) is 6.92 Å². The highest BCUT2D eigenvalue weighted by Gasteiger charge is 2.18. The number of aromatic nitrogens is 3. The largest absolute Gasteiger partial charge is 0.467 e. The summed E-state index contributed by atoms with van der Waals surface area (Å²) in [4.78, 5) is 23.5. The van der Waals surface area contributed by atoms with Crippen molar-refractivity contribution in [1.82, 2.24) is 15.0 Å². The summed E-state index contributed by atoms with van der Waals surface area (Å²) in [6, 6.07) is -0.344. The molecule has 8 nitrogen and oxygen atoms in total. The molecule has 0 radical (unpaired) electrons. The number of nitrogens with one attached hydrogen (secondary N) is 2. The Labute approximate surface area is 105 Å². The van der Waals surface area contributed by atoms with Crippen LogP contribution in [-0.4, -0.2) is 48.2 Å². The van der Waals surface area contributed by atoms with E-state index in [9.17, 15) is 4.79 Å². The molecule has 0 spiro atoms. The zero-order chi connectivity index (χ0) is 13.5. The second kappa shape index (κ2) is 6.58. The molecule has 0 aliphatic carbocycles. The zero-order valence-corrected chi connectivity index (χ0v) is 10.9. The minimum atomic E-state index is -0.508.